The van der Waals surface area contributed by atoms with Crippen LogP contribution >= 0.6 is 0 Å². The van der Waals surface area contributed by atoms with Crippen LogP contribution in [-0.2, 0) is 11.4 Å². The molecule has 10 heteroatoms. The number of aryl methyl sites for hydroxylation is 1. The minimum Gasteiger partial charge on any atom is -0.588 e. The first-order chi connectivity index (χ1) is 20.7. The lowest BCUT2D eigenvalue weighted by molar-refractivity contribution is 0.0827. The SMILES string of the molecule is COc1ccccc1C(=O)NCCNc1cccc(N[S+]([O-])c2cc(-c3cccc(C(=O)N(C)C)c3)c(C)cc2OC)c1. The zero-order chi connectivity index (χ0) is 30.9. The van der Waals surface area contributed by atoms with Crippen molar-refractivity contribution in [2.45, 2.75) is 11.8 Å². The average molecular weight is 601 g/mol. The molecule has 0 aliphatic heterocycles. The Labute approximate surface area is 255 Å². The highest BCUT2D eigenvalue weighted by atomic mass is 32.2. The molecule has 224 valence electrons. The molecule has 0 saturated heterocycles. The quantitative estimate of drug-likeness (QED) is 0.148. The van der Waals surface area contributed by atoms with E-state index in [2.05, 4.69) is 15.4 Å². The third kappa shape index (κ3) is 7.79. The van der Waals surface area contributed by atoms with Crippen LogP contribution in [0.15, 0.2) is 89.8 Å². The lowest BCUT2D eigenvalue weighted by Gasteiger charge is -2.18. The van der Waals surface area contributed by atoms with Gasteiger partial charge in [-0.3, -0.25) is 9.59 Å². The lowest BCUT2D eigenvalue weighted by Crippen LogP contribution is -2.29. The number of nitrogens with one attached hydrogen (secondary N) is 3. The van der Waals surface area contributed by atoms with Crippen LogP contribution in [0.25, 0.3) is 11.1 Å². The molecule has 2 amide bonds. The molecule has 43 heavy (non-hydrogen) atoms. The highest BCUT2D eigenvalue weighted by Gasteiger charge is 2.22. The van der Waals surface area contributed by atoms with Gasteiger partial charge >= 0.3 is 0 Å². The molecule has 0 aliphatic carbocycles. The van der Waals surface area contributed by atoms with Crippen LogP contribution in [0, 0.1) is 6.92 Å². The normalized spacial score (nSPS) is 11.3. The Morgan fingerprint density at radius 1 is 0.837 bits per heavy atom. The van der Waals surface area contributed by atoms with Crippen molar-refractivity contribution in [2.75, 3.05) is 51.4 Å². The summed E-state index contributed by atoms with van der Waals surface area (Å²) in [6.45, 7) is 2.83. The first-order valence-electron chi connectivity index (χ1n) is 13.7. The highest BCUT2D eigenvalue weighted by Crippen LogP contribution is 2.35. The maximum absolute atomic E-state index is 13.6. The number of anilines is 2. The smallest absolute Gasteiger partial charge is 0.255 e. The van der Waals surface area contributed by atoms with E-state index in [0.717, 1.165) is 22.4 Å². The largest absolute Gasteiger partial charge is 0.588 e. The minimum atomic E-state index is -1.65. The van der Waals surface area contributed by atoms with Crippen LogP contribution in [-0.4, -0.2) is 62.7 Å². The van der Waals surface area contributed by atoms with E-state index in [-0.39, 0.29) is 11.8 Å². The molecular weight excluding hydrogens is 564 g/mol. The maximum atomic E-state index is 13.6. The van der Waals surface area contributed by atoms with E-state index in [1.807, 2.05) is 67.6 Å². The molecule has 0 radical (unpaired) electrons. The second kappa shape index (κ2) is 14.5. The number of nitrogens with zero attached hydrogens (tertiary/aromatic N) is 1. The van der Waals surface area contributed by atoms with E-state index in [1.54, 1.807) is 45.5 Å². The van der Waals surface area contributed by atoms with Crippen molar-refractivity contribution in [3.8, 4) is 22.6 Å². The van der Waals surface area contributed by atoms with Gasteiger partial charge in [0, 0.05) is 44.5 Å². The van der Waals surface area contributed by atoms with Crippen molar-refractivity contribution in [3.05, 3.63) is 102 Å². The highest BCUT2D eigenvalue weighted by molar-refractivity contribution is 7.92. The zero-order valence-electron chi connectivity index (χ0n) is 24.9. The van der Waals surface area contributed by atoms with Crippen LogP contribution in [0.4, 0.5) is 11.4 Å². The van der Waals surface area contributed by atoms with Gasteiger partial charge in [-0.1, -0.05) is 30.3 Å². The summed E-state index contributed by atoms with van der Waals surface area (Å²) in [4.78, 5) is 27.1. The summed E-state index contributed by atoms with van der Waals surface area (Å²) in [6, 6.07) is 25.5. The standard InChI is InChI=1S/C33H36N4O5S/c1-22-18-30(42-5)31(21-28(22)23-10-8-11-24(19-23)33(39)37(2)3)43(40)36-26-13-9-12-25(20-26)34-16-17-35-32(38)27-14-6-7-15-29(27)41-4/h6-15,18-21,34,36H,16-17H2,1-5H3,(H,35,38). The Balaban J connectivity index is 1.44. The number of carbonyl (C=O) groups excluding carboxylic acids is 2. The molecule has 9 nitrogen and oxygen atoms in total. The van der Waals surface area contributed by atoms with Crippen molar-refractivity contribution in [1.82, 2.24) is 10.2 Å². The molecule has 0 bridgehead atoms. The van der Waals surface area contributed by atoms with Gasteiger partial charge in [0.1, 0.15) is 17.1 Å². The topological polar surface area (TPSA) is 115 Å². The fraction of sp³-hybridized carbons (Fsp3) is 0.212. The summed E-state index contributed by atoms with van der Waals surface area (Å²) in [5.41, 5.74) is 5.11. The molecule has 4 rings (SSSR count). The molecule has 1 unspecified atom stereocenters. The molecule has 0 spiro atoms. The second-order valence-electron chi connectivity index (χ2n) is 9.93. The number of ether oxygens (including phenoxy) is 2. The number of benzene rings is 4. The molecule has 0 aliphatic rings. The Bertz CT molecular complexity index is 1590. The van der Waals surface area contributed by atoms with Gasteiger partial charge in [-0.15, -0.1) is 0 Å². The second-order valence-corrected chi connectivity index (χ2v) is 11.1. The van der Waals surface area contributed by atoms with Crippen LogP contribution in [0.2, 0.25) is 0 Å². The van der Waals surface area contributed by atoms with Crippen LogP contribution in [0.5, 0.6) is 11.5 Å². The summed E-state index contributed by atoms with van der Waals surface area (Å²) in [7, 11) is 6.51. The molecule has 0 fully saturated rings. The molecule has 4 aromatic rings. The Morgan fingerprint density at radius 3 is 2.30 bits per heavy atom. The van der Waals surface area contributed by atoms with E-state index in [0.29, 0.717) is 46.3 Å². The molecule has 4 aromatic carbocycles. The van der Waals surface area contributed by atoms with Gasteiger partial charge in [-0.2, -0.15) is 0 Å². The Kier molecular flexibility index (Phi) is 10.5. The molecule has 3 N–H and O–H groups in total. The average Bonchev–Trinajstić information content (AvgIpc) is 3.02. The fourth-order valence-corrected chi connectivity index (χ4v) is 5.52. The number of para-hydroxylation sites is 1. The predicted octanol–water partition coefficient (Wildman–Crippen LogP) is 5.36. The predicted molar refractivity (Wildman–Crippen MR) is 171 cm³/mol. The molecule has 0 heterocycles. The van der Waals surface area contributed by atoms with E-state index >= 15 is 0 Å². The monoisotopic (exact) mass is 600 g/mol. The van der Waals surface area contributed by atoms with Crippen molar-refractivity contribution < 1.29 is 23.6 Å². The number of hydrogen-bond acceptors (Lipinski definition) is 7. The van der Waals surface area contributed by atoms with Gasteiger partial charge < -0.3 is 29.6 Å². The number of amides is 2. The van der Waals surface area contributed by atoms with Crippen LogP contribution in [0.3, 0.4) is 0 Å². The van der Waals surface area contributed by atoms with Gasteiger partial charge in [0.25, 0.3) is 11.8 Å². The summed E-state index contributed by atoms with van der Waals surface area (Å²) in [6.07, 6.45) is 0. The Hall–Kier alpha value is -4.67. The van der Waals surface area contributed by atoms with Gasteiger partial charge in [-0.05, 0) is 72.1 Å². The van der Waals surface area contributed by atoms with Gasteiger partial charge in [0.05, 0.1) is 25.5 Å². The third-order valence-electron chi connectivity index (χ3n) is 6.70. The van der Waals surface area contributed by atoms with E-state index in [9.17, 15) is 14.1 Å². The molecule has 0 aromatic heterocycles. The van der Waals surface area contributed by atoms with Gasteiger partial charge in [0.2, 0.25) is 4.90 Å². The molecule has 1 atom stereocenters. The van der Waals surface area contributed by atoms with Crippen molar-refractivity contribution in [1.29, 1.82) is 0 Å². The van der Waals surface area contributed by atoms with E-state index < -0.39 is 11.4 Å². The van der Waals surface area contributed by atoms with Crippen LogP contribution in [0.1, 0.15) is 26.3 Å². The molecule has 0 saturated carbocycles. The number of hydrogen-bond donors (Lipinski definition) is 3. The van der Waals surface area contributed by atoms with Gasteiger partial charge in [0.15, 0.2) is 5.75 Å². The maximum Gasteiger partial charge on any atom is 0.255 e. The van der Waals surface area contributed by atoms with Gasteiger partial charge in [-0.25, -0.2) is 4.72 Å². The number of rotatable bonds is 12. The lowest BCUT2D eigenvalue weighted by atomic mass is 9.98. The summed E-state index contributed by atoms with van der Waals surface area (Å²) in [5, 5.41) is 6.16. The van der Waals surface area contributed by atoms with E-state index in [4.69, 9.17) is 9.47 Å². The summed E-state index contributed by atoms with van der Waals surface area (Å²) < 4.78 is 27.5. The van der Waals surface area contributed by atoms with Crippen molar-refractivity contribution in [2.24, 2.45) is 0 Å². The first kappa shape index (κ1) is 31.3. The summed E-state index contributed by atoms with van der Waals surface area (Å²) in [5.74, 6) is 0.705. The first-order valence-corrected chi connectivity index (χ1v) is 14.8. The minimum absolute atomic E-state index is 0.0919. The Morgan fingerprint density at radius 2 is 1.56 bits per heavy atom. The molecular formula is C33H36N4O5S. The number of carbonyl (C=O) groups is 2. The van der Waals surface area contributed by atoms with Crippen molar-refractivity contribution in [3.63, 3.8) is 0 Å². The summed E-state index contributed by atoms with van der Waals surface area (Å²) >= 11 is -1.65. The van der Waals surface area contributed by atoms with Crippen LogP contribution < -0.4 is 24.8 Å². The third-order valence-corrected chi connectivity index (χ3v) is 7.84. The zero-order valence-corrected chi connectivity index (χ0v) is 25.7. The van der Waals surface area contributed by atoms with E-state index in [1.165, 1.54) is 12.0 Å². The van der Waals surface area contributed by atoms with Crippen molar-refractivity contribution >= 4 is 34.6 Å². The number of methoxy groups -OCH3 is 2. The fourth-order valence-electron chi connectivity index (χ4n) is 4.52.